The van der Waals surface area contributed by atoms with Gasteiger partial charge in [0, 0.05) is 19.6 Å². The first kappa shape index (κ1) is 21.2. The Morgan fingerprint density at radius 2 is 1.87 bits per heavy atom. The van der Waals surface area contributed by atoms with E-state index in [1.807, 2.05) is 4.90 Å². The lowest BCUT2D eigenvalue weighted by atomic mass is 9.78. The van der Waals surface area contributed by atoms with Gasteiger partial charge in [0.2, 0.25) is 0 Å². The lowest BCUT2D eigenvalue weighted by Crippen LogP contribution is -2.51. The van der Waals surface area contributed by atoms with E-state index < -0.39 is 10.0 Å². The van der Waals surface area contributed by atoms with Gasteiger partial charge in [-0.1, -0.05) is 18.9 Å². The fourth-order valence-electron chi connectivity index (χ4n) is 4.60. The van der Waals surface area contributed by atoms with Crippen LogP contribution in [0.1, 0.15) is 38.5 Å². The number of sulfonamides is 1. The maximum Gasteiger partial charge on any atom is 0.273 e. The number of hydrogen-bond donors (Lipinski definition) is 0. The molecule has 0 bridgehead atoms. The second kappa shape index (κ2) is 8.98. The van der Waals surface area contributed by atoms with Crippen LogP contribution in [0.15, 0.2) is 46.0 Å². The van der Waals surface area contributed by atoms with E-state index >= 15 is 0 Å². The molecule has 2 heterocycles. The summed E-state index contributed by atoms with van der Waals surface area (Å²) in [6.45, 7) is 0.847. The molecule has 1 aromatic heterocycles. The SMILES string of the molecule is CN(c1ccc(OCC(=O)N2CCCC3CCCCC32)cc1)S(=O)(=O)c1cccs1. The number of benzene rings is 1. The molecule has 1 saturated heterocycles. The van der Waals surface area contributed by atoms with Crippen molar-refractivity contribution in [3.05, 3.63) is 41.8 Å². The predicted octanol–water partition coefficient (Wildman–Crippen LogP) is 4.13. The standard InChI is InChI=1S/C22H28N2O4S2/c1-23(30(26,27)22-9-5-15-29-22)18-10-12-19(13-11-18)28-16-21(25)24-14-4-7-17-6-2-3-8-20(17)24/h5,9-13,15,17,20H,2-4,6-8,14,16H2,1H3. The first-order valence-corrected chi connectivity index (χ1v) is 12.8. The Hall–Kier alpha value is -2.06. The van der Waals surface area contributed by atoms with Crippen LogP contribution in [-0.2, 0) is 14.8 Å². The van der Waals surface area contributed by atoms with Gasteiger partial charge in [-0.2, -0.15) is 0 Å². The largest absolute Gasteiger partial charge is 0.484 e. The van der Waals surface area contributed by atoms with E-state index in [0.29, 0.717) is 27.6 Å². The highest BCUT2D eigenvalue weighted by Crippen LogP contribution is 2.35. The van der Waals surface area contributed by atoms with Crippen LogP contribution in [0, 0.1) is 5.92 Å². The van der Waals surface area contributed by atoms with Crippen molar-refractivity contribution in [1.82, 2.24) is 4.90 Å². The van der Waals surface area contributed by atoms with Gasteiger partial charge in [-0.25, -0.2) is 8.42 Å². The van der Waals surface area contributed by atoms with Crippen LogP contribution in [0.25, 0.3) is 0 Å². The molecule has 30 heavy (non-hydrogen) atoms. The maximum absolute atomic E-state index is 12.8. The molecule has 1 aliphatic heterocycles. The van der Waals surface area contributed by atoms with E-state index in [1.165, 1.54) is 48.4 Å². The summed E-state index contributed by atoms with van der Waals surface area (Å²) in [6.07, 6.45) is 7.14. The van der Waals surface area contributed by atoms with E-state index in [1.54, 1.807) is 41.8 Å². The number of piperidine rings is 1. The number of carbonyl (C=O) groups is 1. The zero-order chi connectivity index (χ0) is 21.1. The summed E-state index contributed by atoms with van der Waals surface area (Å²) in [7, 11) is -2.03. The Labute approximate surface area is 182 Å². The fourth-order valence-corrected chi connectivity index (χ4v) is 6.96. The molecule has 1 amide bonds. The Morgan fingerprint density at radius 1 is 1.13 bits per heavy atom. The van der Waals surface area contributed by atoms with Gasteiger partial charge < -0.3 is 9.64 Å². The molecule has 4 rings (SSSR count). The number of ether oxygens (including phenoxy) is 1. The van der Waals surface area contributed by atoms with Gasteiger partial charge in [0.05, 0.1) is 5.69 Å². The number of hydrogen-bond acceptors (Lipinski definition) is 5. The molecule has 2 unspecified atom stereocenters. The highest BCUT2D eigenvalue weighted by molar-refractivity contribution is 7.94. The van der Waals surface area contributed by atoms with Crippen molar-refractivity contribution in [1.29, 1.82) is 0 Å². The van der Waals surface area contributed by atoms with Gasteiger partial charge in [-0.15, -0.1) is 11.3 Å². The summed E-state index contributed by atoms with van der Waals surface area (Å²) in [6, 6.07) is 10.5. The molecule has 8 heteroatoms. The first-order chi connectivity index (χ1) is 14.5. The summed E-state index contributed by atoms with van der Waals surface area (Å²) < 4.78 is 32.6. The summed E-state index contributed by atoms with van der Waals surface area (Å²) in [5, 5.41) is 1.74. The van der Waals surface area contributed by atoms with Crippen molar-refractivity contribution >= 4 is 33.0 Å². The molecule has 2 fully saturated rings. The predicted molar refractivity (Wildman–Crippen MR) is 119 cm³/mol. The fraction of sp³-hybridized carbons (Fsp3) is 0.500. The third kappa shape index (κ3) is 4.34. The van der Waals surface area contributed by atoms with Gasteiger partial charge in [0.15, 0.2) is 6.61 Å². The lowest BCUT2D eigenvalue weighted by molar-refractivity contribution is -0.139. The van der Waals surface area contributed by atoms with Crippen molar-refractivity contribution < 1.29 is 17.9 Å². The zero-order valence-electron chi connectivity index (χ0n) is 17.2. The molecule has 1 saturated carbocycles. The van der Waals surface area contributed by atoms with Crippen molar-refractivity contribution in [2.75, 3.05) is 24.5 Å². The minimum Gasteiger partial charge on any atom is -0.484 e. The summed E-state index contributed by atoms with van der Waals surface area (Å²) in [5.41, 5.74) is 0.545. The Morgan fingerprint density at radius 3 is 2.60 bits per heavy atom. The molecule has 6 nitrogen and oxygen atoms in total. The smallest absolute Gasteiger partial charge is 0.273 e. The number of amides is 1. The topological polar surface area (TPSA) is 66.9 Å². The van der Waals surface area contributed by atoms with Gasteiger partial charge >= 0.3 is 0 Å². The van der Waals surface area contributed by atoms with E-state index in [2.05, 4.69) is 0 Å². The van der Waals surface area contributed by atoms with Gasteiger partial charge in [0.25, 0.3) is 15.9 Å². The molecule has 2 atom stereocenters. The third-order valence-corrected chi connectivity index (χ3v) is 9.39. The molecule has 0 N–H and O–H groups in total. The maximum atomic E-state index is 12.8. The van der Waals surface area contributed by atoms with Crippen molar-refractivity contribution in [3.63, 3.8) is 0 Å². The zero-order valence-corrected chi connectivity index (χ0v) is 18.8. The number of carbonyl (C=O) groups excluding carboxylic acids is 1. The first-order valence-electron chi connectivity index (χ1n) is 10.5. The van der Waals surface area contributed by atoms with Crippen LogP contribution < -0.4 is 9.04 Å². The second-order valence-electron chi connectivity index (χ2n) is 8.03. The van der Waals surface area contributed by atoms with Gasteiger partial charge in [-0.3, -0.25) is 9.10 Å². The van der Waals surface area contributed by atoms with Crippen LogP contribution in [0.5, 0.6) is 5.75 Å². The molecule has 2 aliphatic rings. The van der Waals surface area contributed by atoms with Gasteiger partial charge in [-0.05, 0) is 67.3 Å². The van der Waals surface area contributed by atoms with Crippen molar-refractivity contribution in [3.8, 4) is 5.75 Å². The summed E-state index contributed by atoms with van der Waals surface area (Å²) in [4.78, 5) is 14.8. The van der Waals surface area contributed by atoms with Gasteiger partial charge in [0.1, 0.15) is 9.96 Å². The monoisotopic (exact) mass is 448 g/mol. The third-order valence-electron chi connectivity index (χ3n) is 6.24. The molecule has 2 aromatic rings. The summed E-state index contributed by atoms with van der Waals surface area (Å²) >= 11 is 1.19. The van der Waals surface area contributed by atoms with Crippen molar-refractivity contribution in [2.24, 2.45) is 5.92 Å². The quantitative estimate of drug-likeness (QED) is 0.666. The molecular weight excluding hydrogens is 420 g/mol. The number of anilines is 1. The van der Waals surface area contributed by atoms with Crippen LogP contribution in [0.4, 0.5) is 5.69 Å². The highest BCUT2D eigenvalue weighted by Gasteiger charge is 2.35. The molecule has 1 aliphatic carbocycles. The molecule has 1 aromatic carbocycles. The Balaban J connectivity index is 1.36. The number of rotatable bonds is 6. The number of fused-ring (bicyclic) bond motifs is 1. The minimum atomic E-state index is -3.56. The average Bonchev–Trinajstić information content (AvgIpc) is 3.33. The molecular formula is C22H28N2O4S2. The van der Waals surface area contributed by atoms with Crippen LogP contribution >= 0.6 is 11.3 Å². The Bertz CT molecular complexity index is 956. The summed E-state index contributed by atoms with van der Waals surface area (Å²) in [5.74, 6) is 1.26. The van der Waals surface area contributed by atoms with E-state index in [-0.39, 0.29) is 12.5 Å². The molecule has 0 spiro atoms. The number of nitrogens with zero attached hydrogens (tertiary/aromatic N) is 2. The normalized spacial score (nSPS) is 21.7. The van der Waals surface area contributed by atoms with E-state index in [4.69, 9.17) is 4.74 Å². The molecule has 162 valence electrons. The van der Waals surface area contributed by atoms with E-state index in [9.17, 15) is 13.2 Å². The minimum absolute atomic E-state index is 0.0197. The van der Waals surface area contributed by atoms with Crippen molar-refractivity contribution in [2.45, 2.75) is 48.8 Å². The Kier molecular flexibility index (Phi) is 6.34. The highest BCUT2D eigenvalue weighted by atomic mass is 32.2. The second-order valence-corrected chi connectivity index (χ2v) is 11.2. The van der Waals surface area contributed by atoms with Crippen LogP contribution in [-0.4, -0.2) is 45.5 Å². The average molecular weight is 449 g/mol. The number of thiophene rings is 1. The lowest BCUT2D eigenvalue weighted by Gasteiger charge is -2.44. The van der Waals surface area contributed by atoms with E-state index in [0.717, 1.165) is 19.4 Å². The van der Waals surface area contributed by atoms with Crippen LogP contribution in [0.2, 0.25) is 0 Å². The number of likely N-dealkylation sites (tertiary alicyclic amines) is 1. The van der Waals surface area contributed by atoms with Crippen LogP contribution in [0.3, 0.4) is 0 Å². The molecule has 0 radical (unpaired) electrons.